The van der Waals surface area contributed by atoms with Crippen molar-refractivity contribution in [3.05, 3.63) is 0 Å². The number of hydrogen-bond acceptors (Lipinski definition) is 2. The number of thiol groups is 1. The van der Waals surface area contributed by atoms with Crippen molar-refractivity contribution in [3.8, 4) is 0 Å². The first-order valence-corrected chi connectivity index (χ1v) is 10.1. The third-order valence-electron chi connectivity index (χ3n) is 4.91. The van der Waals surface area contributed by atoms with Crippen LogP contribution in [0.3, 0.4) is 0 Å². The lowest BCUT2D eigenvalue weighted by atomic mass is 9.85. The molecule has 0 aromatic carbocycles. The van der Waals surface area contributed by atoms with Gasteiger partial charge in [0.1, 0.15) is 0 Å². The minimum Gasteiger partial charge on any atom is -0.342 e. The molecule has 1 atom stereocenters. The van der Waals surface area contributed by atoms with Crippen LogP contribution in [0, 0.1) is 10.8 Å². The van der Waals surface area contributed by atoms with Crippen LogP contribution < -0.4 is 0 Å². The van der Waals surface area contributed by atoms with E-state index in [0.29, 0.717) is 5.91 Å². The highest BCUT2D eigenvalue weighted by atomic mass is 32.1. The van der Waals surface area contributed by atoms with Gasteiger partial charge in [0.15, 0.2) is 0 Å². The van der Waals surface area contributed by atoms with Crippen LogP contribution >= 0.6 is 12.6 Å². The summed E-state index contributed by atoms with van der Waals surface area (Å²) in [6.07, 6.45) is 6.39. The molecule has 0 radical (unpaired) electrons. The number of rotatable bonds is 9. The fraction of sp³-hybridized carbons (Fsp3) is 0.950. The number of unbranched alkanes of at least 4 members (excludes halogenated alkanes) is 2. The first kappa shape index (κ1) is 22.8. The average Bonchev–Trinajstić information content (AvgIpc) is 3.00. The van der Waals surface area contributed by atoms with Crippen molar-refractivity contribution in [1.29, 1.82) is 0 Å². The summed E-state index contributed by atoms with van der Waals surface area (Å²) in [6.45, 7) is 18.9. The van der Waals surface area contributed by atoms with Gasteiger partial charge in [0.05, 0.1) is 5.41 Å². The summed E-state index contributed by atoms with van der Waals surface area (Å²) in [4.78, 5) is 15.4. The van der Waals surface area contributed by atoms with E-state index in [2.05, 4.69) is 46.4 Å². The van der Waals surface area contributed by atoms with Crippen LogP contribution in [0.2, 0.25) is 0 Å². The Morgan fingerprint density at radius 2 is 1.48 bits per heavy atom. The molecule has 23 heavy (non-hydrogen) atoms. The van der Waals surface area contributed by atoms with Crippen LogP contribution in [0.4, 0.5) is 0 Å². The second kappa shape index (κ2) is 9.34. The van der Waals surface area contributed by atoms with Crippen LogP contribution in [0.1, 0.15) is 93.9 Å². The van der Waals surface area contributed by atoms with Gasteiger partial charge in [-0.15, -0.1) is 0 Å². The van der Waals surface area contributed by atoms with Gasteiger partial charge >= 0.3 is 0 Å². The van der Waals surface area contributed by atoms with Gasteiger partial charge in [0.25, 0.3) is 0 Å². The van der Waals surface area contributed by atoms with Crippen molar-refractivity contribution < 1.29 is 4.79 Å². The predicted octanol–water partition coefficient (Wildman–Crippen LogP) is 5.96. The van der Waals surface area contributed by atoms with E-state index in [-0.39, 0.29) is 15.6 Å². The Bertz CT molecular complexity index is 351. The van der Waals surface area contributed by atoms with Gasteiger partial charge in [-0.3, -0.25) is 4.79 Å². The molecule has 2 nitrogen and oxygen atoms in total. The third kappa shape index (κ3) is 6.32. The fourth-order valence-electron chi connectivity index (χ4n) is 3.51. The lowest BCUT2D eigenvalue weighted by molar-refractivity contribution is -0.139. The van der Waals surface area contributed by atoms with E-state index in [4.69, 9.17) is 12.6 Å². The molecule has 138 valence electrons. The molecule has 1 fully saturated rings. The summed E-state index contributed by atoms with van der Waals surface area (Å²) in [6, 6.07) is 0. The number of hydrogen-bond donors (Lipinski definition) is 1. The summed E-state index contributed by atoms with van der Waals surface area (Å²) in [5, 5.41) is 0. The zero-order valence-electron chi connectivity index (χ0n) is 17.0. The Morgan fingerprint density at radius 1 is 1.09 bits per heavy atom. The van der Waals surface area contributed by atoms with Crippen molar-refractivity contribution in [3.63, 3.8) is 0 Å². The van der Waals surface area contributed by atoms with Gasteiger partial charge in [-0.05, 0) is 31.1 Å². The molecular weight excluding hydrogens is 302 g/mol. The van der Waals surface area contributed by atoms with E-state index in [1.807, 2.05) is 13.8 Å². The maximum atomic E-state index is 13.2. The van der Waals surface area contributed by atoms with Crippen LogP contribution in [0.25, 0.3) is 0 Å². The maximum absolute atomic E-state index is 13.2. The van der Waals surface area contributed by atoms with Crippen molar-refractivity contribution in [2.45, 2.75) is 98.7 Å². The Balaban J connectivity index is 0.00000232. The summed E-state index contributed by atoms with van der Waals surface area (Å²) in [5.41, 5.74) is -0.0551. The average molecular weight is 344 g/mol. The third-order valence-corrected chi connectivity index (χ3v) is 5.07. The van der Waals surface area contributed by atoms with Crippen molar-refractivity contribution >= 4 is 18.5 Å². The van der Waals surface area contributed by atoms with E-state index in [9.17, 15) is 4.79 Å². The van der Waals surface area contributed by atoms with E-state index < -0.39 is 0 Å². The standard InChI is InChI=1S/C18H35NOS.C2H6/c1-7-9-11-19(12-10-8-2)15(20)18(13-16(18,3)4)14-17(5,6)21;1-2/h21H,7-14H2,1-6H3;1-2H3. The molecule has 0 aliphatic heterocycles. The first-order chi connectivity index (χ1) is 10.6. The second-order valence-electron chi connectivity index (χ2n) is 8.13. The second-order valence-corrected chi connectivity index (χ2v) is 9.34. The molecule has 0 spiro atoms. The largest absolute Gasteiger partial charge is 0.342 e. The molecule has 1 amide bonds. The summed E-state index contributed by atoms with van der Waals surface area (Å²) >= 11 is 4.70. The quantitative estimate of drug-likeness (QED) is 0.512. The minimum atomic E-state index is -0.181. The molecule has 0 saturated heterocycles. The molecule has 0 heterocycles. The van der Waals surface area contributed by atoms with Crippen LogP contribution in [-0.2, 0) is 4.79 Å². The van der Waals surface area contributed by atoms with Gasteiger partial charge in [-0.25, -0.2) is 0 Å². The lowest BCUT2D eigenvalue weighted by Crippen LogP contribution is -2.42. The molecule has 0 bridgehead atoms. The molecular formula is C20H41NOS. The highest BCUT2D eigenvalue weighted by Gasteiger charge is 2.67. The topological polar surface area (TPSA) is 20.3 Å². The number of carbonyl (C=O) groups excluding carboxylic acids is 1. The summed E-state index contributed by atoms with van der Waals surface area (Å²) in [7, 11) is 0. The SMILES string of the molecule is CC.CCCCN(CCCC)C(=O)C1(CC(C)(C)S)CC1(C)C. The number of carbonyl (C=O) groups is 1. The van der Waals surface area contributed by atoms with Crippen molar-refractivity contribution in [1.82, 2.24) is 4.90 Å². The highest BCUT2D eigenvalue weighted by Crippen LogP contribution is 2.68. The summed E-state index contributed by atoms with van der Waals surface area (Å²) in [5.74, 6) is 0.386. The predicted molar refractivity (Wildman–Crippen MR) is 106 cm³/mol. The number of nitrogens with zero attached hydrogens (tertiary/aromatic N) is 1. The van der Waals surface area contributed by atoms with Crippen molar-refractivity contribution in [2.75, 3.05) is 13.1 Å². The van der Waals surface area contributed by atoms with Gasteiger partial charge < -0.3 is 4.90 Å². The molecule has 1 aliphatic carbocycles. The van der Waals surface area contributed by atoms with E-state index in [1.165, 1.54) is 0 Å². The first-order valence-electron chi connectivity index (χ1n) is 9.61. The van der Waals surface area contributed by atoms with Crippen LogP contribution in [0.15, 0.2) is 0 Å². The van der Waals surface area contributed by atoms with Crippen LogP contribution in [-0.4, -0.2) is 28.6 Å². The fourth-order valence-corrected chi connectivity index (χ4v) is 3.78. The lowest BCUT2D eigenvalue weighted by Gasteiger charge is -2.33. The van der Waals surface area contributed by atoms with Crippen LogP contribution in [0.5, 0.6) is 0 Å². The summed E-state index contributed by atoms with van der Waals surface area (Å²) < 4.78 is -0.0926. The molecule has 1 rings (SSSR count). The highest BCUT2D eigenvalue weighted by molar-refractivity contribution is 7.81. The zero-order chi connectivity index (χ0) is 18.3. The van der Waals surface area contributed by atoms with Gasteiger partial charge in [-0.1, -0.05) is 68.2 Å². The maximum Gasteiger partial charge on any atom is 0.229 e. The Hall–Kier alpha value is -0.180. The monoisotopic (exact) mass is 343 g/mol. The Labute approximate surface area is 151 Å². The molecule has 0 aromatic heterocycles. The Morgan fingerprint density at radius 3 is 1.74 bits per heavy atom. The van der Waals surface area contributed by atoms with E-state index >= 15 is 0 Å². The van der Waals surface area contributed by atoms with E-state index in [1.54, 1.807) is 0 Å². The van der Waals surface area contributed by atoms with Gasteiger partial charge in [-0.2, -0.15) is 12.6 Å². The molecule has 3 heteroatoms. The van der Waals surface area contributed by atoms with E-state index in [0.717, 1.165) is 51.6 Å². The normalized spacial score (nSPS) is 22.1. The molecule has 1 unspecified atom stereocenters. The van der Waals surface area contributed by atoms with Gasteiger partial charge in [0.2, 0.25) is 5.91 Å². The smallest absolute Gasteiger partial charge is 0.229 e. The number of amides is 1. The Kier molecular flexibility index (Phi) is 9.27. The molecule has 0 N–H and O–H groups in total. The molecule has 0 aromatic rings. The van der Waals surface area contributed by atoms with Gasteiger partial charge in [0, 0.05) is 17.8 Å². The molecule has 1 aliphatic rings. The zero-order valence-corrected chi connectivity index (χ0v) is 17.9. The molecule has 1 saturated carbocycles. The minimum absolute atomic E-state index is 0.0926. The van der Waals surface area contributed by atoms with Crippen molar-refractivity contribution in [2.24, 2.45) is 10.8 Å².